The Hall–Kier alpha value is -3.89. The number of rotatable bonds is 8. The SMILES string of the molecule is COc1cc(Cc2cnc(/N=C3\C(=O)N(CN4CCCCC4)c4ccc(Cl)cc43)nc2N)cc(OC)c1OC. The first-order valence-corrected chi connectivity index (χ1v) is 13.1. The van der Waals surface area contributed by atoms with Gasteiger partial charge in [0.2, 0.25) is 5.75 Å². The zero-order valence-corrected chi connectivity index (χ0v) is 23.0. The number of aliphatic imine (C=N–C) groups is 1. The van der Waals surface area contributed by atoms with Crippen molar-refractivity contribution in [3.8, 4) is 17.2 Å². The van der Waals surface area contributed by atoms with Crippen LogP contribution in [-0.2, 0) is 11.2 Å². The molecule has 1 fully saturated rings. The molecule has 3 aromatic rings. The van der Waals surface area contributed by atoms with Crippen molar-refractivity contribution in [2.45, 2.75) is 25.7 Å². The van der Waals surface area contributed by atoms with E-state index in [1.165, 1.54) is 6.42 Å². The second-order valence-electron chi connectivity index (χ2n) is 9.47. The van der Waals surface area contributed by atoms with Gasteiger partial charge in [-0.05, 0) is 61.8 Å². The lowest BCUT2D eigenvalue weighted by Crippen LogP contribution is -2.43. The number of nitrogens with zero attached hydrogens (tertiary/aromatic N) is 5. The van der Waals surface area contributed by atoms with Crippen molar-refractivity contribution >= 4 is 40.7 Å². The fraction of sp³-hybridized carbons (Fsp3) is 0.357. The lowest BCUT2D eigenvalue weighted by Gasteiger charge is -2.30. The number of fused-ring (bicyclic) bond motifs is 1. The third kappa shape index (κ3) is 5.48. The van der Waals surface area contributed by atoms with E-state index >= 15 is 0 Å². The summed E-state index contributed by atoms with van der Waals surface area (Å²) >= 11 is 6.29. The number of carbonyl (C=O) groups excluding carboxylic acids is 1. The first kappa shape index (κ1) is 26.7. The molecule has 0 unspecified atom stereocenters. The van der Waals surface area contributed by atoms with Gasteiger partial charge in [-0.3, -0.25) is 14.6 Å². The van der Waals surface area contributed by atoms with E-state index in [0.29, 0.717) is 46.5 Å². The number of anilines is 2. The van der Waals surface area contributed by atoms with E-state index in [0.717, 1.165) is 37.2 Å². The number of hydrogen-bond donors (Lipinski definition) is 1. The minimum atomic E-state index is -0.207. The van der Waals surface area contributed by atoms with Gasteiger partial charge in [-0.25, -0.2) is 9.98 Å². The first-order chi connectivity index (χ1) is 18.9. The molecule has 11 heteroatoms. The van der Waals surface area contributed by atoms with Gasteiger partial charge in [0.05, 0.1) is 33.7 Å². The van der Waals surface area contributed by atoms with Crippen LogP contribution in [0, 0.1) is 0 Å². The van der Waals surface area contributed by atoms with Gasteiger partial charge < -0.3 is 19.9 Å². The van der Waals surface area contributed by atoms with Gasteiger partial charge in [0.25, 0.3) is 11.9 Å². The number of benzene rings is 2. The van der Waals surface area contributed by atoms with Crippen LogP contribution in [0.15, 0.2) is 41.5 Å². The lowest BCUT2D eigenvalue weighted by atomic mass is 10.1. The second kappa shape index (κ2) is 11.5. The van der Waals surface area contributed by atoms with Crippen LogP contribution in [0.3, 0.4) is 0 Å². The molecule has 2 aromatic carbocycles. The van der Waals surface area contributed by atoms with Crippen LogP contribution in [0.4, 0.5) is 17.5 Å². The molecular formula is C28H31ClN6O4. The normalized spacial score (nSPS) is 16.5. The van der Waals surface area contributed by atoms with Gasteiger partial charge in [-0.15, -0.1) is 0 Å². The van der Waals surface area contributed by atoms with E-state index in [1.54, 1.807) is 44.6 Å². The molecule has 0 bridgehead atoms. The summed E-state index contributed by atoms with van der Waals surface area (Å²) in [6.45, 7) is 2.43. The quantitative estimate of drug-likeness (QED) is 0.443. The van der Waals surface area contributed by atoms with Crippen molar-refractivity contribution in [1.29, 1.82) is 0 Å². The molecule has 2 N–H and O–H groups in total. The van der Waals surface area contributed by atoms with E-state index < -0.39 is 0 Å². The van der Waals surface area contributed by atoms with Gasteiger partial charge in [-0.2, -0.15) is 4.98 Å². The van der Waals surface area contributed by atoms with Crippen molar-refractivity contribution in [2.24, 2.45) is 4.99 Å². The Morgan fingerprint density at radius 3 is 2.38 bits per heavy atom. The number of hydrogen-bond acceptors (Lipinski definition) is 9. The first-order valence-electron chi connectivity index (χ1n) is 12.7. The predicted molar refractivity (Wildman–Crippen MR) is 151 cm³/mol. The van der Waals surface area contributed by atoms with E-state index in [9.17, 15) is 4.79 Å². The molecular weight excluding hydrogens is 520 g/mol. The van der Waals surface area contributed by atoms with Crippen molar-refractivity contribution in [1.82, 2.24) is 14.9 Å². The molecule has 0 aliphatic carbocycles. The summed E-state index contributed by atoms with van der Waals surface area (Å²) in [5.41, 5.74) is 9.58. The molecule has 0 atom stereocenters. The van der Waals surface area contributed by atoms with Crippen LogP contribution in [0.1, 0.15) is 36.0 Å². The number of piperidine rings is 1. The summed E-state index contributed by atoms with van der Waals surface area (Å²) in [6, 6.07) is 9.10. The van der Waals surface area contributed by atoms with Gasteiger partial charge in [0.1, 0.15) is 11.5 Å². The molecule has 0 saturated carbocycles. The van der Waals surface area contributed by atoms with E-state index in [1.807, 2.05) is 18.2 Å². The third-order valence-corrected chi connectivity index (χ3v) is 7.19. The van der Waals surface area contributed by atoms with Crippen LogP contribution in [-0.4, -0.2) is 67.6 Å². The Morgan fingerprint density at radius 1 is 1.03 bits per heavy atom. The highest BCUT2D eigenvalue weighted by molar-refractivity contribution is 6.55. The summed E-state index contributed by atoms with van der Waals surface area (Å²) in [5, 5.41) is 0.523. The Labute approximate surface area is 232 Å². The van der Waals surface area contributed by atoms with Crippen LogP contribution in [0.5, 0.6) is 17.2 Å². The maximum Gasteiger partial charge on any atom is 0.278 e. The Morgan fingerprint density at radius 2 is 1.74 bits per heavy atom. The average Bonchev–Trinajstić information content (AvgIpc) is 3.19. The number of amides is 1. The summed E-state index contributed by atoms with van der Waals surface area (Å²) in [4.78, 5) is 30.9. The highest BCUT2D eigenvalue weighted by atomic mass is 35.5. The number of nitrogen functional groups attached to an aromatic ring is 1. The maximum absolute atomic E-state index is 13.5. The van der Waals surface area contributed by atoms with E-state index in [-0.39, 0.29) is 23.4 Å². The smallest absolute Gasteiger partial charge is 0.278 e. The molecule has 2 aliphatic rings. The molecule has 5 rings (SSSR count). The Balaban J connectivity index is 1.42. The molecule has 10 nitrogen and oxygen atoms in total. The molecule has 2 aliphatic heterocycles. The highest BCUT2D eigenvalue weighted by Gasteiger charge is 2.35. The van der Waals surface area contributed by atoms with Gasteiger partial charge in [-0.1, -0.05) is 18.0 Å². The number of carbonyl (C=O) groups is 1. The fourth-order valence-electron chi connectivity index (χ4n) is 4.99. The third-order valence-electron chi connectivity index (χ3n) is 6.96. The number of methoxy groups -OCH3 is 3. The van der Waals surface area contributed by atoms with Crippen LogP contribution >= 0.6 is 11.6 Å². The average molecular weight is 551 g/mol. The zero-order valence-electron chi connectivity index (χ0n) is 22.2. The number of nitrogens with two attached hydrogens (primary N) is 1. The maximum atomic E-state index is 13.5. The zero-order chi connectivity index (χ0) is 27.5. The Bertz CT molecular complexity index is 1400. The van der Waals surface area contributed by atoms with Crippen LogP contribution in [0.25, 0.3) is 0 Å². The Kier molecular flexibility index (Phi) is 7.85. The summed E-state index contributed by atoms with van der Waals surface area (Å²) < 4.78 is 16.3. The number of ether oxygens (including phenoxy) is 3. The van der Waals surface area contributed by atoms with Gasteiger partial charge in [0, 0.05) is 28.8 Å². The molecule has 3 heterocycles. The number of aromatic nitrogens is 2. The summed E-state index contributed by atoms with van der Waals surface area (Å²) in [7, 11) is 4.69. The highest BCUT2D eigenvalue weighted by Crippen LogP contribution is 2.39. The van der Waals surface area contributed by atoms with Crippen molar-refractivity contribution in [3.05, 3.63) is 58.2 Å². The molecule has 0 spiro atoms. The largest absolute Gasteiger partial charge is 0.493 e. The van der Waals surface area contributed by atoms with Crippen molar-refractivity contribution < 1.29 is 19.0 Å². The minimum absolute atomic E-state index is 0.107. The molecule has 1 amide bonds. The molecule has 0 radical (unpaired) electrons. The molecule has 1 aromatic heterocycles. The standard InChI is InChI=1S/C28H31ClN6O4/c1-37-22-12-17(13-23(38-2)25(22)39-3)11-18-15-31-28(33-26(18)30)32-24-20-14-19(29)7-8-21(20)35(27(24)36)16-34-9-5-4-6-10-34/h7-8,12-15H,4-6,9-11,16H2,1-3H3,(H2,30,31,33)/b32-24-. The molecule has 39 heavy (non-hydrogen) atoms. The predicted octanol–water partition coefficient (Wildman–Crippen LogP) is 4.24. The lowest BCUT2D eigenvalue weighted by molar-refractivity contribution is -0.112. The van der Waals surface area contributed by atoms with Crippen molar-refractivity contribution in [3.63, 3.8) is 0 Å². The minimum Gasteiger partial charge on any atom is -0.493 e. The fourth-order valence-corrected chi connectivity index (χ4v) is 5.16. The van der Waals surface area contributed by atoms with Gasteiger partial charge >= 0.3 is 0 Å². The number of likely N-dealkylation sites (tertiary alicyclic amines) is 1. The topological polar surface area (TPSA) is 115 Å². The van der Waals surface area contributed by atoms with Gasteiger partial charge in [0.15, 0.2) is 11.5 Å². The molecule has 1 saturated heterocycles. The monoisotopic (exact) mass is 550 g/mol. The summed E-state index contributed by atoms with van der Waals surface area (Å²) in [5.74, 6) is 1.76. The van der Waals surface area contributed by atoms with E-state index in [2.05, 4.69) is 19.9 Å². The number of halogens is 1. The van der Waals surface area contributed by atoms with Crippen LogP contribution in [0.2, 0.25) is 5.02 Å². The van der Waals surface area contributed by atoms with Crippen LogP contribution < -0.4 is 24.8 Å². The molecule has 204 valence electrons. The summed E-state index contributed by atoms with van der Waals surface area (Å²) in [6.07, 6.45) is 5.53. The van der Waals surface area contributed by atoms with E-state index in [4.69, 9.17) is 31.5 Å². The second-order valence-corrected chi connectivity index (χ2v) is 9.90. The van der Waals surface area contributed by atoms with Crippen molar-refractivity contribution in [2.75, 3.05) is 51.7 Å².